The second kappa shape index (κ2) is 6.58. The van der Waals surface area contributed by atoms with Crippen LogP contribution in [-0.4, -0.2) is 43.6 Å². The van der Waals surface area contributed by atoms with E-state index < -0.39 is 15.4 Å². The fraction of sp³-hybridized carbons (Fsp3) is 0.294. The molecule has 1 aliphatic rings. The molecule has 1 aliphatic heterocycles. The van der Waals surface area contributed by atoms with Crippen LogP contribution in [0.4, 0.5) is 17.6 Å². The number of aliphatic hydroxyl groups is 1. The van der Waals surface area contributed by atoms with Crippen LogP contribution < -0.4 is 16.0 Å². The Bertz CT molecular complexity index is 947. The summed E-state index contributed by atoms with van der Waals surface area (Å²) in [5.74, 6) is 1.33. The molecule has 8 nitrogen and oxygen atoms in total. The van der Waals surface area contributed by atoms with Gasteiger partial charge < -0.3 is 21.1 Å². The molecule has 2 aromatic rings. The molecule has 0 spiro atoms. The predicted octanol–water partition coefficient (Wildman–Crippen LogP) is 1.12. The molecule has 1 fully saturated rings. The molecule has 138 valence electrons. The molecule has 9 heteroatoms. The number of nitrogens with two attached hydrogens (primary N) is 1. The van der Waals surface area contributed by atoms with Gasteiger partial charge in [0.05, 0.1) is 11.4 Å². The number of aromatic nitrogens is 2. The van der Waals surface area contributed by atoms with Crippen LogP contribution in [-0.2, 0) is 15.4 Å². The number of nitrogens with one attached hydrogen (secondary N) is 1. The Balaban J connectivity index is 1.91. The third kappa shape index (κ3) is 3.35. The van der Waals surface area contributed by atoms with Gasteiger partial charge in [0.15, 0.2) is 9.84 Å². The third-order valence-electron chi connectivity index (χ3n) is 4.48. The molecule has 0 saturated carbocycles. The number of sulfone groups is 1. The Morgan fingerprint density at radius 1 is 1.38 bits per heavy atom. The maximum atomic E-state index is 12.0. The monoisotopic (exact) mass is 375 g/mol. The zero-order chi connectivity index (χ0) is 18.9. The van der Waals surface area contributed by atoms with Gasteiger partial charge in [0.1, 0.15) is 17.2 Å². The normalized spacial score (nSPS) is 20.2. The van der Waals surface area contributed by atoms with Crippen LogP contribution in [0.1, 0.15) is 12.0 Å². The first-order chi connectivity index (χ1) is 12.3. The summed E-state index contributed by atoms with van der Waals surface area (Å²) in [7, 11) is -1.83. The van der Waals surface area contributed by atoms with Gasteiger partial charge in [0.2, 0.25) is 5.95 Å². The van der Waals surface area contributed by atoms with E-state index in [1.165, 1.54) is 12.1 Å². The summed E-state index contributed by atoms with van der Waals surface area (Å²) in [6, 6.07) is 8.07. The highest BCUT2D eigenvalue weighted by molar-refractivity contribution is 7.94. The molecule has 1 aromatic carbocycles. The van der Waals surface area contributed by atoms with E-state index in [1.54, 1.807) is 25.2 Å². The van der Waals surface area contributed by atoms with Gasteiger partial charge in [-0.1, -0.05) is 18.7 Å². The van der Waals surface area contributed by atoms with E-state index in [0.29, 0.717) is 30.2 Å². The molecule has 0 aliphatic carbocycles. The molecular formula is C17H21N5O3S. The zero-order valence-corrected chi connectivity index (χ0v) is 15.2. The Kier molecular flexibility index (Phi) is 4.59. The lowest BCUT2D eigenvalue weighted by Gasteiger charge is -2.25. The second-order valence-electron chi connectivity index (χ2n) is 6.16. The Morgan fingerprint density at radius 2 is 2.15 bits per heavy atom. The minimum atomic E-state index is -3.56. The van der Waals surface area contributed by atoms with Crippen LogP contribution in [0.2, 0.25) is 0 Å². The molecule has 0 bridgehead atoms. The van der Waals surface area contributed by atoms with Gasteiger partial charge in [-0.25, -0.2) is 8.42 Å². The molecular weight excluding hydrogens is 354 g/mol. The SMILES string of the molecule is C=CS(=O)(=O)c1cccc(C2(O)CCN(c3cc(NC)nc(N)n3)C2)c1. The van der Waals surface area contributed by atoms with E-state index in [-0.39, 0.29) is 17.4 Å². The highest BCUT2D eigenvalue weighted by Gasteiger charge is 2.39. The molecule has 1 unspecified atom stereocenters. The summed E-state index contributed by atoms with van der Waals surface area (Å²) in [4.78, 5) is 10.3. The van der Waals surface area contributed by atoms with Crippen molar-refractivity contribution in [1.29, 1.82) is 0 Å². The molecule has 1 aromatic heterocycles. The van der Waals surface area contributed by atoms with Crippen LogP contribution >= 0.6 is 0 Å². The summed E-state index contributed by atoms with van der Waals surface area (Å²) in [6.45, 7) is 4.16. The van der Waals surface area contributed by atoms with Crippen molar-refractivity contribution in [3.63, 3.8) is 0 Å². The minimum absolute atomic E-state index is 0.112. The lowest BCUT2D eigenvalue weighted by Crippen LogP contribution is -2.31. The molecule has 3 rings (SSSR count). The van der Waals surface area contributed by atoms with Crippen molar-refractivity contribution in [3.05, 3.63) is 47.9 Å². The first-order valence-corrected chi connectivity index (χ1v) is 9.60. The van der Waals surface area contributed by atoms with Gasteiger partial charge in [-0.2, -0.15) is 9.97 Å². The number of rotatable bonds is 5. The average Bonchev–Trinajstić information content (AvgIpc) is 3.05. The van der Waals surface area contributed by atoms with Crippen LogP contribution in [0, 0.1) is 0 Å². The van der Waals surface area contributed by atoms with Gasteiger partial charge in [-0.15, -0.1) is 0 Å². The first kappa shape index (κ1) is 18.2. The summed E-state index contributed by atoms with van der Waals surface area (Å²) >= 11 is 0. The van der Waals surface area contributed by atoms with Crippen LogP contribution in [0.3, 0.4) is 0 Å². The number of benzene rings is 1. The van der Waals surface area contributed by atoms with Crippen molar-refractivity contribution in [1.82, 2.24) is 9.97 Å². The molecule has 0 amide bonds. The predicted molar refractivity (Wildman–Crippen MR) is 101 cm³/mol. The quantitative estimate of drug-likeness (QED) is 0.711. The maximum Gasteiger partial charge on any atom is 0.223 e. The standard InChI is InChI=1S/C17H21N5O3S/c1-3-26(24,25)13-6-4-5-12(9-13)17(23)7-8-22(11-17)15-10-14(19-2)20-16(18)21-15/h3-6,9-10,23H,1,7-8,11H2,2H3,(H3,18,19,20,21). The molecule has 2 heterocycles. The highest BCUT2D eigenvalue weighted by Crippen LogP contribution is 2.35. The summed E-state index contributed by atoms with van der Waals surface area (Å²) < 4.78 is 24.0. The van der Waals surface area contributed by atoms with Crippen molar-refractivity contribution in [2.24, 2.45) is 0 Å². The molecule has 1 saturated heterocycles. The lowest BCUT2D eigenvalue weighted by atomic mass is 9.93. The van der Waals surface area contributed by atoms with Crippen molar-refractivity contribution in [3.8, 4) is 0 Å². The van der Waals surface area contributed by atoms with Crippen LogP contribution in [0.25, 0.3) is 0 Å². The summed E-state index contributed by atoms with van der Waals surface area (Å²) in [6.07, 6.45) is 0.434. The molecule has 4 N–H and O–H groups in total. The molecule has 1 atom stereocenters. The fourth-order valence-corrected chi connectivity index (χ4v) is 3.78. The molecule has 26 heavy (non-hydrogen) atoms. The van der Waals surface area contributed by atoms with Gasteiger partial charge >= 0.3 is 0 Å². The second-order valence-corrected chi connectivity index (χ2v) is 8.06. The Hall–Kier alpha value is -2.65. The lowest BCUT2D eigenvalue weighted by molar-refractivity contribution is 0.0604. The minimum Gasteiger partial charge on any atom is -0.383 e. The topological polar surface area (TPSA) is 121 Å². The van der Waals surface area contributed by atoms with Gasteiger partial charge in [-0.3, -0.25) is 0 Å². The van der Waals surface area contributed by atoms with E-state index in [1.807, 2.05) is 4.90 Å². The number of hydrogen-bond donors (Lipinski definition) is 3. The van der Waals surface area contributed by atoms with Crippen molar-refractivity contribution >= 4 is 27.4 Å². The number of nitrogen functional groups attached to an aromatic ring is 1. The van der Waals surface area contributed by atoms with Gasteiger partial charge in [0.25, 0.3) is 0 Å². The van der Waals surface area contributed by atoms with E-state index in [0.717, 1.165) is 5.41 Å². The summed E-state index contributed by atoms with van der Waals surface area (Å²) in [5, 5.41) is 14.9. The first-order valence-electron chi connectivity index (χ1n) is 8.05. The zero-order valence-electron chi connectivity index (χ0n) is 14.4. The Morgan fingerprint density at radius 3 is 2.85 bits per heavy atom. The van der Waals surface area contributed by atoms with E-state index >= 15 is 0 Å². The summed E-state index contributed by atoms with van der Waals surface area (Å²) in [5.41, 5.74) is 5.09. The van der Waals surface area contributed by atoms with E-state index in [9.17, 15) is 13.5 Å². The van der Waals surface area contributed by atoms with Crippen molar-refractivity contribution in [2.45, 2.75) is 16.9 Å². The molecule has 0 radical (unpaired) electrons. The average molecular weight is 375 g/mol. The van der Waals surface area contributed by atoms with Gasteiger partial charge in [-0.05, 0) is 24.1 Å². The van der Waals surface area contributed by atoms with Crippen molar-refractivity contribution < 1.29 is 13.5 Å². The Labute approximate surface area is 152 Å². The number of anilines is 3. The number of nitrogens with zero attached hydrogens (tertiary/aromatic N) is 3. The highest BCUT2D eigenvalue weighted by atomic mass is 32.2. The fourth-order valence-electron chi connectivity index (χ4n) is 3.03. The number of hydrogen-bond acceptors (Lipinski definition) is 8. The van der Waals surface area contributed by atoms with Crippen molar-refractivity contribution in [2.75, 3.05) is 36.1 Å². The van der Waals surface area contributed by atoms with Crippen LogP contribution in [0.15, 0.2) is 47.2 Å². The van der Waals surface area contributed by atoms with E-state index in [2.05, 4.69) is 21.9 Å². The maximum absolute atomic E-state index is 12.0. The van der Waals surface area contributed by atoms with Crippen LogP contribution in [0.5, 0.6) is 0 Å². The number of β-amino-alcohol motifs (C(OH)–C–C–N with tert-alkyl or cyclic N) is 1. The van der Waals surface area contributed by atoms with E-state index in [4.69, 9.17) is 5.73 Å². The smallest absolute Gasteiger partial charge is 0.223 e. The van der Waals surface area contributed by atoms with Gasteiger partial charge in [0, 0.05) is 25.1 Å². The largest absolute Gasteiger partial charge is 0.383 e. The third-order valence-corrected chi connectivity index (χ3v) is 5.83.